The fraction of sp³-hybridized carbons (Fsp3) is 0. The Morgan fingerprint density at radius 1 is 0.459 bits per heavy atom. The number of anilines is 2. The predicted molar refractivity (Wildman–Crippen MR) is 104 cm³/mol. The number of nitrogens with two attached hydrogens (primary N) is 2. The Hall–Kier alpha value is -3.02. The molecule has 1 radical (unpaired) electrons. The van der Waals surface area contributed by atoms with Crippen LogP contribution in [0.25, 0.3) is 22.8 Å². The van der Waals surface area contributed by atoms with Crippen LogP contribution in [0, 0.1) is 20.5 Å². The minimum absolute atomic E-state index is 0. The molecule has 0 aliphatic rings. The number of halogens is 2. The van der Waals surface area contributed by atoms with E-state index in [0.717, 1.165) is 22.8 Å². The second-order valence-corrected chi connectivity index (χ2v) is 7.58. The van der Waals surface area contributed by atoms with Crippen molar-refractivity contribution in [2.24, 2.45) is 0 Å². The number of hydrogen-bond acceptors (Lipinski definition) is 14. The molecule has 0 saturated carbocycles. The largest absolute Gasteiger partial charge is 2.00 e. The maximum atomic E-state index is 8.49. The first-order chi connectivity index (χ1) is 16.8. The molecule has 0 aromatic carbocycles. The maximum Gasteiger partial charge on any atom is 2.00 e. The zero-order valence-electron chi connectivity index (χ0n) is 18.3. The maximum absolute atomic E-state index is 8.49. The summed E-state index contributed by atoms with van der Waals surface area (Å²) in [6.45, 7) is 0. The molecule has 17 heteroatoms. The Balaban J connectivity index is 0.000000510. The normalized spacial score (nSPS) is 10.2. The van der Waals surface area contributed by atoms with Crippen LogP contribution in [0.2, 0.25) is 0 Å². The number of pyridine rings is 4. The van der Waals surface area contributed by atoms with Crippen molar-refractivity contribution in [2.45, 2.75) is 0 Å². The third-order valence-corrected chi connectivity index (χ3v) is 3.49. The molecule has 201 valence electrons. The molecular weight excluding hydrogens is 587 g/mol. The molecule has 4 N–H and O–H groups in total. The summed E-state index contributed by atoms with van der Waals surface area (Å²) in [6, 6.07) is 18.6. The van der Waals surface area contributed by atoms with Gasteiger partial charge in [0.1, 0.15) is 11.4 Å². The minimum atomic E-state index is -4.94. The van der Waals surface area contributed by atoms with Gasteiger partial charge in [0.25, 0.3) is 0 Å². The van der Waals surface area contributed by atoms with E-state index in [1.54, 1.807) is 24.8 Å². The summed E-state index contributed by atoms with van der Waals surface area (Å²) in [4.78, 5) is 16.7. The van der Waals surface area contributed by atoms with Crippen LogP contribution in [-0.4, -0.2) is 19.9 Å². The van der Waals surface area contributed by atoms with Crippen molar-refractivity contribution in [1.29, 1.82) is 0 Å². The zero-order valence-corrected chi connectivity index (χ0v) is 20.8. The summed E-state index contributed by atoms with van der Waals surface area (Å²) >= 11 is 0. The van der Waals surface area contributed by atoms with Gasteiger partial charge in [-0.15, -0.1) is 20.5 Å². The molecule has 4 rings (SSSR count). The first kappa shape index (κ1) is 34.0. The summed E-state index contributed by atoms with van der Waals surface area (Å²) in [5.74, 6) is 0. The van der Waals surface area contributed by atoms with Crippen LogP contribution in [0.5, 0.6) is 0 Å². The van der Waals surface area contributed by atoms with Crippen LogP contribution >= 0.6 is 0 Å². The first-order valence-corrected chi connectivity index (χ1v) is 11.7. The van der Waals surface area contributed by atoms with E-state index >= 15 is 0 Å². The zero-order chi connectivity index (χ0) is 27.2. The number of rotatable bonds is 2. The topological polar surface area (TPSA) is 288 Å². The van der Waals surface area contributed by atoms with Crippen molar-refractivity contribution in [3.05, 3.63) is 85.5 Å². The fourth-order valence-corrected chi connectivity index (χ4v) is 2.27. The van der Waals surface area contributed by atoms with E-state index < -0.39 is 20.5 Å². The molecule has 37 heavy (non-hydrogen) atoms. The molecule has 4 aromatic heterocycles. The van der Waals surface area contributed by atoms with Crippen molar-refractivity contribution < 1.29 is 74.8 Å². The molecule has 0 saturated heterocycles. The Kier molecular flexibility index (Phi) is 15.3. The van der Waals surface area contributed by atoms with Crippen molar-refractivity contribution in [3.8, 4) is 22.8 Å². The summed E-state index contributed by atoms with van der Waals surface area (Å²) < 4.78 is 67.9. The molecule has 0 bridgehead atoms. The van der Waals surface area contributed by atoms with Gasteiger partial charge in [-0.3, -0.25) is 19.9 Å². The van der Waals surface area contributed by atoms with E-state index in [2.05, 4.69) is 19.9 Å². The monoisotopic (exact) mass is 603 g/mol. The van der Waals surface area contributed by atoms with Crippen LogP contribution in [0.1, 0.15) is 0 Å². The molecular formula is C20H18Cl2CuN6O8. The second-order valence-electron chi connectivity index (χ2n) is 6.07. The summed E-state index contributed by atoms with van der Waals surface area (Å²) in [5, 5.41) is 0. The smallest absolute Gasteiger partial charge is 0.397 e. The van der Waals surface area contributed by atoms with E-state index in [1.807, 2.05) is 60.7 Å². The van der Waals surface area contributed by atoms with Crippen LogP contribution in [0.3, 0.4) is 0 Å². The first-order valence-electron chi connectivity index (χ1n) is 9.23. The van der Waals surface area contributed by atoms with Crippen molar-refractivity contribution in [2.75, 3.05) is 11.5 Å². The van der Waals surface area contributed by atoms with E-state index in [1.165, 1.54) is 0 Å². The van der Waals surface area contributed by atoms with Crippen LogP contribution in [0.4, 0.5) is 11.4 Å². The molecule has 4 aromatic rings. The molecule has 0 aliphatic carbocycles. The van der Waals surface area contributed by atoms with Gasteiger partial charge in [-0.1, -0.05) is 12.1 Å². The van der Waals surface area contributed by atoms with Crippen molar-refractivity contribution in [1.82, 2.24) is 19.9 Å². The second kappa shape index (κ2) is 16.7. The fourth-order valence-electron chi connectivity index (χ4n) is 2.27. The van der Waals surface area contributed by atoms with Gasteiger partial charge >= 0.3 is 17.1 Å². The Labute approximate surface area is 225 Å². The standard InChI is InChI=1S/2C10H9N3.2ClHO4.Cu/c2*11-8-4-3-7-13-10(8)9-5-1-2-6-12-9;2*2-1(3,4)5;/h2*1-7H,11H2;2*(H,2,3,4,5);/q;;;;+2/p-2. The SMILES string of the molecule is Nc1cccnc1-c1ccccn1.Nc1cccnc1-c1ccccn1.[Cu+2].[O-][Cl+3]([O-])([O-])[O-].[O-][Cl+3]([O-])([O-])[O-]. The van der Waals surface area contributed by atoms with Gasteiger partial charge in [-0.25, -0.2) is 37.3 Å². The summed E-state index contributed by atoms with van der Waals surface area (Å²) in [5.41, 5.74) is 15.9. The van der Waals surface area contributed by atoms with Gasteiger partial charge < -0.3 is 11.5 Å². The molecule has 0 unspecified atom stereocenters. The Morgan fingerprint density at radius 3 is 1.00 bits per heavy atom. The Morgan fingerprint density at radius 2 is 0.757 bits per heavy atom. The van der Waals surface area contributed by atoms with Gasteiger partial charge in [-0.2, -0.15) is 0 Å². The molecule has 0 atom stereocenters. The minimum Gasteiger partial charge on any atom is -0.397 e. The average molecular weight is 605 g/mol. The van der Waals surface area contributed by atoms with E-state index in [4.69, 9.17) is 48.7 Å². The predicted octanol–water partition coefficient (Wildman–Crippen LogP) is -6.06. The molecule has 0 amide bonds. The van der Waals surface area contributed by atoms with Crippen molar-refractivity contribution >= 4 is 11.4 Å². The number of hydrogen-bond donors (Lipinski definition) is 2. The van der Waals surface area contributed by atoms with Crippen LogP contribution in [-0.2, 0) is 17.1 Å². The van der Waals surface area contributed by atoms with Crippen molar-refractivity contribution in [3.63, 3.8) is 0 Å². The van der Waals surface area contributed by atoms with Gasteiger partial charge in [0.2, 0.25) is 0 Å². The number of aromatic nitrogens is 4. The van der Waals surface area contributed by atoms with E-state index in [-0.39, 0.29) is 17.1 Å². The van der Waals surface area contributed by atoms with Gasteiger partial charge in [-0.05, 0) is 48.5 Å². The van der Waals surface area contributed by atoms with Gasteiger partial charge in [0, 0.05) is 24.8 Å². The summed E-state index contributed by atoms with van der Waals surface area (Å²) in [7, 11) is -9.89. The average Bonchev–Trinajstić information content (AvgIpc) is 2.79. The van der Waals surface area contributed by atoms with E-state index in [9.17, 15) is 0 Å². The number of nitrogens with zero attached hydrogens (tertiary/aromatic N) is 4. The van der Waals surface area contributed by atoms with Crippen LogP contribution < -0.4 is 48.7 Å². The molecule has 0 aliphatic heterocycles. The van der Waals surface area contributed by atoms with Gasteiger partial charge in [0.15, 0.2) is 0 Å². The molecule has 4 heterocycles. The Bertz CT molecular complexity index is 1070. The quantitative estimate of drug-likeness (QED) is 0.201. The summed E-state index contributed by atoms with van der Waals surface area (Å²) in [6.07, 6.45) is 6.87. The third-order valence-electron chi connectivity index (χ3n) is 3.49. The van der Waals surface area contributed by atoms with Gasteiger partial charge in [0.05, 0.1) is 22.8 Å². The third kappa shape index (κ3) is 17.1. The molecule has 0 spiro atoms. The molecule has 0 fully saturated rings. The molecule has 14 nitrogen and oxygen atoms in total. The van der Waals surface area contributed by atoms with E-state index in [0.29, 0.717) is 11.4 Å². The van der Waals surface area contributed by atoms with Crippen LogP contribution in [0.15, 0.2) is 85.5 Å². The number of nitrogen functional groups attached to an aromatic ring is 2.